The van der Waals surface area contributed by atoms with E-state index >= 15 is 0 Å². The second-order valence-electron chi connectivity index (χ2n) is 7.28. The van der Waals surface area contributed by atoms with Crippen LogP contribution >= 0.6 is 11.6 Å². The molecule has 0 bridgehead atoms. The van der Waals surface area contributed by atoms with Crippen molar-refractivity contribution in [2.24, 2.45) is 0 Å². The van der Waals surface area contributed by atoms with Gasteiger partial charge in [-0.3, -0.25) is 19.3 Å². The van der Waals surface area contributed by atoms with Gasteiger partial charge in [0.15, 0.2) is 11.9 Å². The molecule has 1 atom stereocenters. The molecule has 0 saturated carbocycles. The minimum absolute atomic E-state index is 0.0382. The summed E-state index contributed by atoms with van der Waals surface area (Å²) in [5.74, 6) is 0.258. The molecule has 3 rings (SSSR count). The van der Waals surface area contributed by atoms with Crippen LogP contribution in [0.5, 0.6) is 17.2 Å². The summed E-state index contributed by atoms with van der Waals surface area (Å²) in [6, 6.07) is 7.98. The number of methoxy groups -OCH3 is 2. The number of hydrogen-bond acceptors (Lipinski definition) is 6. The minimum Gasteiger partial charge on any atom is -0.495 e. The Kier molecular flexibility index (Phi) is 7.25. The summed E-state index contributed by atoms with van der Waals surface area (Å²) in [5.41, 5.74) is 1.19. The number of fused-ring (bicyclic) bond motifs is 1. The number of rotatable bonds is 8. The predicted octanol–water partition coefficient (Wildman–Crippen LogP) is 4.09. The summed E-state index contributed by atoms with van der Waals surface area (Å²) < 4.78 is 16.1. The van der Waals surface area contributed by atoms with Crippen molar-refractivity contribution < 1.29 is 28.6 Å². The lowest BCUT2D eigenvalue weighted by Crippen LogP contribution is -2.47. The zero-order valence-electron chi connectivity index (χ0n) is 18.4. The highest BCUT2D eigenvalue weighted by molar-refractivity contribution is 6.32. The van der Waals surface area contributed by atoms with Crippen molar-refractivity contribution in [3.8, 4) is 17.2 Å². The molecule has 2 amide bonds. The lowest BCUT2D eigenvalue weighted by molar-refractivity contribution is -0.127. The van der Waals surface area contributed by atoms with Crippen molar-refractivity contribution in [1.29, 1.82) is 0 Å². The number of amides is 2. The molecule has 1 heterocycles. The number of carbonyl (C=O) groups is 3. The average Bonchev–Trinajstić information content (AvgIpc) is 2.77. The predicted molar refractivity (Wildman–Crippen MR) is 121 cm³/mol. The first kappa shape index (κ1) is 23.4. The van der Waals surface area contributed by atoms with E-state index in [1.165, 1.54) is 31.3 Å². The second kappa shape index (κ2) is 9.91. The number of ketones is 1. The van der Waals surface area contributed by atoms with Crippen LogP contribution in [-0.2, 0) is 9.59 Å². The molecule has 0 saturated heterocycles. The molecule has 0 aliphatic carbocycles. The Morgan fingerprint density at radius 2 is 1.88 bits per heavy atom. The lowest BCUT2D eigenvalue weighted by atomic mass is 10.0. The van der Waals surface area contributed by atoms with Crippen molar-refractivity contribution >= 4 is 40.6 Å². The first-order valence-corrected chi connectivity index (χ1v) is 10.5. The number of ether oxygens (including phenoxy) is 3. The van der Waals surface area contributed by atoms with E-state index in [2.05, 4.69) is 5.32 Å². The average molecular weight is 461 g/mol. The van der Waals surface area contributed by atoms with Crippen LogP contribution in [0.1, 0.15) is 37.0 Å². The maximum absolute atomic E-state index is 12.9. The highest BCUT2D eigenvalue weighted by atomic mass is 35.5. The fourth-order valence-electron chi connectivity index (χ4n) is 3.41. The van der Waals surface area contributed by atoms with E-state index in [0.717, 1.165) is 0 Å². The van der Waals surface area contributed by atoms with Crippen LogP contribution in [0, 0.1) is 0 Å². The highest BCUT2D eigenvalue weighted by Gasteiger charge is 2.33. The third-order valence-electron chi connectivity index (χ3n) is 5.02. The topological polar surface area (TPSA) is 94.2 Å². The Balaban J connectivity index is 1.88. The summed E-state index contributed by atoms with van der Waals surface area (Å²) in [4.78, 5) is 39.4. The molecule has 170 valence electrons. The van der Waals surface area contributed by atoms with Crippen LogP contribution in [0.2, 0.25) is 5.02 Å². The van der Waals surface area contributed by atoms with Gasteiger partial charge in [0.2, 0.25) is 5.91 Å². The van der Waals surface area contributed by atoms with Crippen molar-refractivity contribution in [3.63, 3.8) is 0 Å². The molecule has 0 aromatic heterocycles. The van der Waals surface area contributed by atoms with Crippen LogP contribution in [0.4, 0.5) is 11.4 Å². The Morgan fingerprint density at radius 1 is 1.16 bits per heavy atom. The van der Waals surface area contributed by atoms with E-state index in [0.29, 0.717) is 52.1 Å². The summed E-state index contributed by atoms with van der Waals surface area (Å²) >= 11 is 6.11. The van der Waals surface area contributed by atoms with Gasteiger partial charge in [-0.05, 0) is 31.5 Å². The van der Waals surface area contributed by atoms with Gasteiger partial charge < -0.3 is 19.5 Å². The summed E-state index contributed by atoms with van der Waals surface area (Å²) in [7, 11) is 2.91. The zero-order valence-corrected chi connectivity index (χ0v) is 19.1. The van der Waals surface area contributed by atoms with Crippen molar-refractivity contribution in [3.05, 3.63) is 40.9 Å². The monoisotopic (exact) mass is 460 g/mol. The van der Waals surface area contributed by atoms with E-state index in [9.17, 15) is 14.4 Å². The SMILES string of the molecule is CCCC(=O)c1ccc2c(c1)N(CC(=O)Nc1cc(OC)c(Cl)cc1OC)C(=O)C(C)O2. The standard InChI is InChI=1S/C23H25ClN2O6/c1-5-6-18(27)14-7-8-19-17(9-14)26(23(29)13(2)32-19)12-22(28)25-16-11-20(30-3)15(24)10-21(16)31-4/h7-11,13H,5-6,12H2,1-4H3,(H,25,28). The smallest absolute Gasteiger partial charge is 0.268 e. The van der Waals surface area contributed by atoms with Crippen LogP contribution in [0.15, 0.2) is 30.3 Å². The Hall–Kier alpha value is -3.26. The first-order valence-electron chi connectivity index (χ1n) is 10.2. The van der Waals surface area contributed by atoms with Crippen molar-refractivity contribution in [1.82, 2.24) is 0 Å². The molecular weight excluding hydrogens is 436 g/mol. The number of nitrogens with zero attached hydrogens (tertiary/aromatic N) is 1. The molecule has 1 aliphatic heterocycles. The van der Waals surface area contributed by atoms with Gasteiger partial charge in [-0.25, -0.2) is 0 Å². The van der Waals surface area contributed by atoms with Crippen molar-refractivity contribution in [2.45, 2.75) is 32.8 Å². The summed E-state index contributed by atoms with van der Waals surface area (Å²) in [6.07, 6.45) is 0.335. The van der Waals surface area contributed by atoms with Crippen molar-refractivity contribution in [2.75, 3.05) is 31.0 Å². The number of halogens is 1. The Morgan fingerprint density at radius 3 is 2.53 bits per heavy atom. The number of Topliss-reactive ketones (excluding diaryl/α,β-unsaturated/α-hetero) is 1. The molecule has 0 fully saturated rings. The highest BCUT2D eigenvalue weighted by Crippen LogP contribution is 2.37. The van der Waals surface area contributed by atoms with E-state index < -0.39 is 12.0 Å². The minimum atomic E-state index is -0.766. The Bertz CT molecular complexity index is 1060. The molecule has 0 spiro atoms. The molecule has 1 unspecified atom stereocenters. The Labute approximate surface area is 191 Å². The summed E-state index contributed by atoms with van der Waals surface area (Å²) in [5, 5.41) is 3.06. The van der Waals surface area contributed by atoms with Gasteiger partial charge in [0, 0.05) is 24.1 Å². The molecule has 0 radical (unpaired) electrons. The van der Waals surface area contributed by atoms with Gasteiger partial charge in [0.1, 0.15) is 23.8 Å². The maximum Gasteiger partial charge on any atom is 0.268 e. The van der Waals surface area contributed by atoms with Gasteiger partial charge >= 0.3 is 0 Å². The third-order valence-corrected chi connectivity index (χ3v) is 5.31. The number of hydrogen-bond donors (Lipinski definition) is 1. The first-order chi connectivity index (χ1) is 15.3. The lowest BCUT2D eigenvalue weighted by Gasteiger charge is -2.33. The van der Waals surface area contributed by atoms with Gasteiger partial charge in [-0.2, -0.15) is 0 Å². The molecule has 32 heavy (non-hydrogen) atoms. The number of benzene rings is 2. The van der Waals surface area contributed by atoms with Gasteiger partial charge in [-0.1, -0.05) is 18.5 Å². The van der Waals surface area contributed by atoms with E-state index in [1.54, 1.807) is 25.1 Å². The van der Waals surface area contributed by atoms with Gasteiger partial charge in [-0.15, -0.1) is 0 Å². The van der Waals surface area contributed by atoms with E-state index in [1.807, 2.05) is 6.92 Å². The number of nitrogens with one attached hydrogen (secondary N) is 1. The van der Waals surface area contributed by atoms with Gasteiger partial charge in [0.05, 0.1) is 30.6 Å². The molecular formula is C23H25ClN2O6. The van der Waals surface area contributed by atoms with E-state index in [4.69, 9.17) is 25.8 Å². The maximum atomic E-state index is 12.9. The normalized spacial score (nSPS) is 15.0. The van der Waals surface area contributed by atoms with Crippen LogP contribution in [-0.4, -0.2) is 44.5 Å². The number of carbonyl (C=O) groups excluding carboxylic acids is 3. The fourth-order valence-corrected chi connectivity index (χ4v) is 3.64. The summed E-state index contributed by atoms with van der Waals surface area (Å²) in [6.45, 7) is 3.25. The van der Waals surface area contributed by atoms with Crippen LogP contribution < -0.4 is 24.4 Å². The molecule has 2 aromatic rings. The van der Waals surface area contributed by atoms with Crippen LogP contribution in [0.25, 0.3) is 0 Å². The largest absolute Gasteiger partial charge is 0.495 e. The van der Waals surface area contributed by atoms with Gasteiger partial charge in [0.25, 0.3) is 5.91 Å². The molecule has 1 N–H and O–H groups in total. The number of anilines is 2. The molecule has 1 aliphatic rings. The zero-order chi connectivity index (χ0) is 23.4. The quantitative estimate of drug-likeness (QED) is 0.596. The third kappa shape index (κ3) is 4.80. The molecule has 8 nitrogen and oxygen atoms in total. The molecule has 2 aromatic carbocycles. The molecule has 9 heteroatoms. The van der Waals surface area contributed by atoms with Crippen LogP contribution in [0.3, 0.4) is 0 Å². The van der Waals surface area contributed by atoms with E-state index in [-0.39, 0.29) is 18.2 Å². The second-order valence-corrected chi connectivity index (χ2v) is 7.68. The fraction of sp³-hybridized carbons (Fsp3) is 0.348.